The van der Waals surface area contributed by atoms with E-state index in [1.807, 2.05) is 45.0 Å². The van der Waals surface area contributed by atoms with E-state index >= 15 is 0 Å². The lowest BCUT2D eigenvalue weighted by Crippen LogP contribution is -2.30. The molecule has 0 aliphatic carbocycles. The molecule has 0 aromatic heterocycles. The zero-order chi connectivity index (χ0) is 15.9. The third kappa shape index (κ3) is 5.30. The van der Waals surface area contributed by atoms with Crippen molar-refractivity contribution in [1.82, 2.24) is 0 Å². The van der Waals surface area contributed by atoms with Crippen molar-refractivity contribution in [2.75, 3.05) is 6.61 Å². The summed E-state index contributed by atoms with van der Waals surface area (Å²) in [6.07, 6.45) is 4.81. The lowest BCUT2D eigenvalue weighted by molar-refractivity contribution is -0.188. The molecule has 0 amide bonds. The molecule has 122 valence electrons. The summed E-state index contributed by atoms with van der Waals surface area (Å²) >= 11 is 0. The van der Waals surface area contributed by atoms with Crippen LogP contribution in [0.1, 0.15) is 38.7 Å². The molecule has 4 atom stereocenters. The molecule has 1 aromatic carbocycles. The minimum Gasteiger partial charge on any atom is -0.353 e. The van der Waals surface area contributed by atoms with Crippen LogP contribution in [0, 0.1) is 12.8 Å². The van der Waals surface area contributed by atoms with Crippen molar-refractivity contribution in [1.29, 1.82) is 0 Å². The quantitative estimate of drug-likeness (QED) is 0.751. The van der Waals surface area contributed by atoms with Crippen LogP contribution < -0.4 is 0 Å². The standard InChI is InChI=1S/C17H25NO3S/c1-13-7-9-16(10-8-13)22(19)18-12-14(2)15(3)21-17-6-4-5-11-20-17/h7-10,12,14-15,17H,4-6,11H2,1-3H3/t14-,15+,17?,22?/m1/s1. The summed E-state index contributed by atoms with van der Waals surface area (Å²) in [4.78, 5) is 0.721. The molecule has 1 aromatic rings. The normalized spacial score (nSPS) is 23.3. The third-order valence-corrected chi connectivity index (χ3v) is 4.85. The van der Waals surface area contributed by atoms with Gasteiger partial charge in [0.05, 0.1) is 11.0 Å². The fraction of sp³-hybridized carbons (Fsp3) is 0.588. The van der Waals surface area contributed by atoms with Gasteiger partial charge in [-0.2, -0.15) is 4.40 Å². The molecule has 2 unspecified atom stereocenters. The summed E-state index contributed by atoms with van der Waals surface area (Å²) in [6.45, 7) is 6.80. The van der Waals surface area contributed by atoms with Crippen LogP contribution in [0.4, 0.5) is 0 Å². The molecule has 2 rings (SSSR count). The highest BCUT2D eigenvalue weighted by molar-refractivity contribution is 7.83. The Labute approximate surface area is 135 Å². The predicted molar refractivity (Wildman–Crippen MR) is 89.4 cm³/mol. The van der Waals surface area contributed by atoms with Gasteiger partial charge in [0, 0.05) is 18.7 Å². The smallest absolute Gasteiger partial charge is 0.172 e. The molecule has 1 fully saturated rings. The van der Waals surface area contributed by atoms with Crippen molar-refractivity contribution in [2.45, 2.75) is 57.3 Å². The molecule has 0 saturated carbocycles. The Bertz CT molecular complexity index is 509. The van der Waals surface area contributed by atoms with Gasteiger partial charge < -0.3 is 9.47 Å². The van der Waals surface area contributed by atoms with Gasteiger partial charge in [0.25, 0.3) is 0 Å². The summed E-state index contributed by atoms with van der Waals surface area (Å²) in [6, 6.07) is 7.59. The minimum absolute atomic E-state index is 0.0122. The SMILES string of the molecule is Cc1ccc(S(=O)N=C[C@@H](C)[C@H](C)OC2CCCCO2)cc1. The van der Waals surface area contributed by atoms with E-state index < -0.39 is 11.0 Å². The maximum Gasteiger partial charge on any atom is 0.172 e. The van der Waals surface area contributed by atoms with Crippen LogP contribution in [-0.2, 0) is 20.5 Å². The second kappa shape index (κ2) is 8.56. The molecule has 0 N–H and O–H groups in total. The Hall–Kier alpha value is -1.04. The van der Waals surface area contributed by atoms with E-state index in [9.17, 15) is 4.21 Å². The zero-order valence-electron chi connectivity index (χ0n) is 13.5. The molecule has 1 aliphatic heterocycles. The van der Waals surface area contributed by atoms with Gasteiger partial charge in [0.2, 0.25) is 0 Å². The van der Waals surface area contributed by atoms with Crippen molar-refractivity contribution >= 4 is 17.2 Å². The van der Waals surface area contributed by atoms with Crippen LogP contribution in [0.2, 0.25) is 0 Å². The molecule has 1 heterocycles. The number of ether oxygens (including phenoxy) is 2. The first-order valence-corrected chi connectivity index (χ1v) is 8.97. The Kier molecular flexibility index (Phi) is 6.73. The topological polar surface area (TPSA) is 47.9 Å². The summed E-state index contributed by atoms with van der Waals surface area (Å²) < 4.78 is 27.8. The number of benzene rings is 1. The summed E-state index contributed by atoms with van der Waals surface area (Å²) in [5.74, 6) is 0.0833. The number of hydrogen-bond donors (Lipinski definition) is 0. The van der Waals surface area contributed by atoms with E-state index in [4.69, 9.17) is 9.47 Å². The Morgan fingerprint density at radius 3 is 2.68 bits per heavy atom. The average molecular weight is 323 g/mol. The Morgan fingerprint density at radius 1 is 1.32 bits per heavy atom. The molecule has 1 saturated heterocycles. The number of rotatable bonds is 6. The minimum atomic E-state index is -1.35. The van der Waals surface area contributed by atoms with Crippen LogP contribution in [-0.4, -0.2) is 29.4 Å². The molecule has 0 radical (unpaired) electrons. The average Bonchev–Trinajstić information content (AvgIpc) is 2.53. The molecule has 1 aliphatic rings. The van der Waals surface area contributed by atoms with Crippen LogP contribution >= 0.6 is 0 Å². The number of hydrogen-bond acceptors (Lipinski definition) is 3. The summed E-state index contributed by atoms with van der Waals surface area (Å²) in [5.41, 5.74) is 1.15. The summed E-state index contributed by atoms with van der Waals surface area (Å²) in [5, 5.41) is 0. The predicted octanol–water partition coefficient (Wildman–Crippen LogP) is 3.66. The van der Waals surface area contributed by atoms with Crippen LogP contribution in [0.3, 0.4) is 0 Å². The summed E-state index contributed by atoms with van der Waals surface area (Å²) in [7, 11) is -1.35. The second-order valence-electron chi connectivity index (χ2n) is 5.81. The maximum absolute atomic E-state index is 12.1. The van der Waals surface area contributed by atoms with Crippen LogP contribution in [0.25, 0.3) is 0 Å². The molecular formula is C17H25NO3S. The van der Waals surface area contributed by atoms with Gasteiger partial charge in [-0.3, -0.25) is 0 Å². The monoisotopic (exact) mass is 323 g/mol. The molecule has 0 spiro atoms. The van der Waals surface area contributed by atoms with E-state index in [0.717, 1.165) is 36.3 Å². The lowest BCUT2D eigenvalue weighted by Gasteiger charge is -2.27. The van der Waals surface area contributed by atoms with Gasteiger partial charge in [-0.15, -0.1) is 0 Å². The first-order valence-electron chi connectivity index (χ1n) is 7.86. The van der Waals surface area contributed by atoms with Gasteiger partial charge in [-0.05, 0) is 45.2 Å². The third-order valence-electron chi connectivity index (χ3n) is 3.86. The first kappa shape index (κ1) is 17.3. The zero-order valence-corrected chi connectivity index (χ0v) is 14.3. The highest BCUT2D eigenvalue weighted by atomic mass is 32.2. The van der Waals surface area contributed by atoms with Crippen molar-refractivity contribution in [3.8, 4) is 0 Å². The molecule has 22 heavy (non-hydrogen) atoms. The Balaban J connectivity index is 1.85. The maximum atomic E-state index is 12.1. The number of nitrogens with zero attached hydrogens (tertiary/aromatic N) is 1. The molecule has 5 heteroatoms. The van der Waals surface area contributed by atoms with Crippen LogP contribution in [0.15, 0.2) is 33.6 Å². The van der Waals surface area contributed by atoms with Gasteiger partial charge in [-0.25, -0.2) is 4.21 Å². The highest BCUT2D eigenvalue weighted by Gasteiger charge is 2.20. The fourth-order valence-electron chi connectivity index (χ4n) is 2.17. The van der Waals surface area contributed by atoms with Crippen molar-refractivity contribution in [3.05, 3.63) is 29.8 Å². The van der Waals surface area contributed by atoms with E-state index in [1.54, 1.807) is 6.21 Å². The van der Waals surface area contributed by atoms with E-state index in [-0.39, 0.29) is 18.3 Å². The van der Waals surface area contributed by atoms with Gasteiger partial charge >= 0.3 is 0 Å². The molecule has 4 nitrogen and oxygen atoms in total. The largest absolute Gasteiger partial charge is 0.353 e. The number of aryl methyl sites for hydroxylation is 1. The molecular weight excluding hydrogens is 298 g/mol. The van der Waals surface area contributed by atoms with E-state index in [2.05, 4.69) is 4.40 Å². The van der Waals surface area contributed by atoms with Gasteiger partial charge in [-0.1, -0.05) is 24.6 Å². The first-order chi connectivity index (χ1) is 10.6. The van der Waals surface area contributed by atoms with Crippen molar-refractivity contribution in [3.63, 3.8) is 0 Å². The van der Waals surface area contributed by atoms with Crippen LogP contribution in [0.5, 0.6) is 0 Å². The fourth-order valence-corrected chi connectivity index (χ4v) is 2.96. The Morgan fingerprint density at radius 2 is 2.05 bits per heavy atom. The second-order valence-corrected chi connectivity index (χ2v) is 6.99. The molecule has 0 bridgehead atoms. The van der Waals surface area contributed by atoms with Gasteiger partial charge in [0.15, 0.2) is 17.3 Å². The van der Waals surface area contributed by atoms with Gasteiger partial charge in [0.1, 0.15) is 0 Å². The van der Waals surface area contributed by atoms with Crippen molar-refractivity contribution in [2.24, 2.45) is 10.3 Å². The highest BCUT2D eigenvalue weighted by Crippen LogP contribution is 2.18. The van der Waals surface area contributed by atoms with E-state index in [0.29, 0.717) is 0 Å². The van der Waals surface area contributed by atoms with Crippen molar-refractivity contribution < 1.29 is 13.7 Å². The van der Waals surface area contributed by atoms with E-state index in [1.165, 1.54) is 0 Å². The lowest BCUT2D eigenvalue weighted by atomic mass is 10.1.